The summed E-state index contributed by atoms with van der Waals surface area (Å²) in [5.74, 6) is 0.446. The number of hydrogen-bond acceptors (Lipinski definition) is 2. The Labute approximate surface area is 93.2 Å². The van der Waals surface area contributed by atoms with Crippen LogP contribution >= 0.6 is 0 Å². The quantitative estimate of drug-likeness (QED) is 0.859. The Morgan fingerprint density at radius 2 is 2.25 bits per heavy atom. The topological polar surface area (TPSA) is 38.0 Å². The van der Waals surface area contributed by atoms with Gasteiger partial charge in [0.05, 0.1) is 6.61 Å². The van der Waals surface area contributed by atoms with Gasteiger partial charge in [0.1, 0.15) is 11.6 Å². The van der Waals surface area contributed by atoms with Gasteiger partial charge < -0.3 is 9.67 Å². The first-order valence-corrected chi connectivity index (χ1v) is 5.11. The molecular weight excluding hydrogens is 207 g/mol. The van der Waals surface area contributed by atoms with Crippen molar-refractivity contribution in [3.8, 4) is 11.4 Å². The minimum Gasteiger partial charge on any atom is -0.395 e. The number of imidazole rings is 1. The number of halogens is 1. The van der Waals surface area contributed by atoms with Crippen LogP contribution in [0.5, 0.6) is 0 Å². The highest BCUT2D eigenvalue weighted by Gasteiger charge is 2.10. The van der Waals surface area contributed by atoms with Gasteiger partial charge in [-0.15, -0.1) is 0 Å². The summed E-state index contributed by atoms with van der Waals surface area (Å²) in [6.07, 6.45) is 3.42. The molecule has 2 aromatic rings. The van der Waals surface area contributed by atoms with Crippen LogP contribution in [-0.2, 0) is 6.54 Å². The van der Waals surface area contributed by atoms with Crippen LogP contribution in [-0.4, -0.2) is 21.3 Å². The fourth-order valence-corrected chi connectivity index (χ4v) is 1.69. The summed E-state index contributed by atoms with van der Waals surface area (Å²) in [5.41, 5.74) is 1.34. The van der Waals surface area contributed by atoms with Crippen LogP contribution in [0.15, 0.2) is 30.6 Å². The Hall–Kier alpha value is -1.68. The zero-order valence-electron chi connectivity index (χ0n) is 9.02. The molecule has 1 N–H and O–H groups in total. The monoisotopic (exact) mass is 220 g/mol. The Morgan fingerprint density at radius 1 is 1.44 bits per heavy atom. The molecule has 0 aliphatic rings. The maximum atomic E-state index is 13.4. The van der Waals surface area contributed by atoms with E-state index in [-0.39, 0.29) is 12.4 Å². The second kappa shape index (κ2) is 4.45. The molecule has 1 aromatic heterocycles. The van der Waals surface area contributed by atoms with Crippen LogP contribution in [0.2, 0.25) is 0 Å². The van der Waals surface area contributed by atoms with E-state index in [0.717, 1.165) is 5.56 Å². The third-order valence-electron chi connectivity index (χ3n) is 2.56. The molecule has 84 valence electrons. The molecule has 16 heavy (non-hydrogen) atoms. The van der Waals surface area contributed by atoms with Crippen molar-refractivity contribution in [2.75, 3.05) is 6.61 Å². The van der Waals surface area contributed by atoms with E-state index in [9.17, 15) is 4.39 Å². The van der Waals surface area contributed by atoms with Crippen molar-refractivity contribution in [3.05, 3.63) is 42.0 Å². The van der Waals surface area contributed by atoms with Crippen LogP contribution in [0.4, 0.5) is 4.39 Å². The third-order valence-corrected chi connectivity index (χ3v) is 2.56. The van der Waals surface area contributed by atoms with Crippen molar-refractivity contribution in [3.63, 3.8) is 0 Å². The SMILES string of the molecule is Cc1c(F)cccc1-c1nccn1CCO. The molecule has 1 aromatic carbocycles. The fourth-order valence-electron chi connectivity index (χ4n) is 1.69. The lowest BCUT2D eigenvalue weighted by atomic mass is 10.1. The van der Waals surface area contributed by atoms with Gasteiger partial charge in [0.2, 0.25) is 0 Å². The van der Waals surface area contributed by atoms with Crippen molar-refractivity contribution in [2.24, 2.45) is 0 Å². The zero-order chi connectivity index (χ0) is 11.5. The van der Waals surface area contributed by atoms with E-state index in [1.807, 2.05) is 10.6 Å². The Morgan fingerprint density at radius 3 is 3.00 bits per heavy atom. The zero-order valence-corrected chi connectivity index (χ0v) is 9.02. The molecule has 4 heteroatoms. The molecule has 1 heterocycles. The highest BCUT2D eigenvalue weighted by Crippen LogP contribution is 2.23. The summed E-state index contributed by atoms with van der Waals surface area (Å²) >= 11 is 0. The molecule has 0 saturated heterocycles. The number of hydrogen-bond donors (Lipinski definition) is 1. The summed E-state index contributed by atoms with van der Waals surface area (Å²) in [4.78, 5) is 4.19. The van der Waals surface area contributed by atoms with Gasteiger partial charge >= 0.3 is 0 Å². The normalized spacial score (nSPS) is 10.7. The van der Waals surface area contributed by atoms with Gasteiger partial charge in [-0.05, 0) is 18.6 Å². The number of aromatic nitrogens is 2. The Kier molecular flexibility index (Phi) is 3.01. The maximum Gasteiger partial charge on any atom is 0.140 e. The third kappa shape index (κ3) is 1.84. The van der Waals surface area contributed by atoms with Crippen molar-refractivity contribution >= 4 is 0 Å². The molecule has 3 nitrogen and oxygen atoms in total. The van der Waals surface area contributed by atoms with E-state index in [2.05, 4.69) is 4.98 Å². The van der Waals surface area contributed by atoms with E-state index in [1.165, 1.54) is 6.07 Å². The predicted octanol–water partition coefficient (Wildman–Crippen LogP) is 1.99. The van der Waals surface area contributed by atoms with Crippen LogP contribution in [0, 0.1) is 12.7 Å². The molecule has 2 rings (SSSR count). The van der Waals surface area contributed by atoms with E-state index in [4.69, 9.17) is 5.11 Å². The van der Waals surface area contributed by atoms with E-state index >= 15 is 0 Å². The molecule has 0 aliphatic heterocycles. The van der Waals surface area contributed by atoms with Gasteiger partial charge in [0, 0.05) is 24.5 Å². The fraction of sp³-hybridized carbons (Fsp3) is 0.250. The van der Waals surface area contributed by atoms with Crippen molar-refractivity contribution in [2.45, 2.75) is 13.5 Å². The maximum absolute atomic E-state index is 13.4. The van der Waals surface area contributed by atoms with Crippen LogP contribution in [0.25, 0.3) is 11.4 Å². The molecule has 0 unspecified atom stereocenters. The molecule has 0 radical (unpaired) electrons. The molecular formula is C12H13FN2O. The molecule has 0 atom stereocenters. The second-order valence-electron chi connectivity index (χ2n) is 3.58. The van der Waals surface area contributed by atoms with Crippen molar-refractivity contribution in [1.29, 1.82) is 0 Å². The van der Waals surface area contributed by atoms with Gasteiger partial charge in [0.15, 0.2) is 0 Å². The van der Waals surface area contributed by atoms with E-state index in [1.54, 1.807) is 25.4 Å². The summed E-state index contributed by atoms with van der Waals surface area (Å²) in [6, 6.07) is 4.92. The highest BCUT2D eigenvalue weighted by atomic mass is 19.1. The van der Waals surface area contributed by atoms with Gasteiger partial charge in [-0.2, -0.15) is 0 Å². The highest BCUT2D eigenvalue weighted by molar-refractivity contribution is 5.60. The van der Waals surface area contributed by atoms with E-state index < -0.39 is 0 Å². The lowest BCUT2D eigenvalue weighted by Crippen LogP contribution is -2.04. The largest absolute Gasteiger partial charge is 0.395 e. The first-order chi connectivity index (χ1) is 7.74. The van der Waals surface area contributed by atoms with Crippen LogP contribution in [0.3, 0.4) is 0 Å². The van der Waals surface area contributed by atoms with Crippen molar-refractivity contribution in [1.82, 2.24) is 9.55 Å². The summed E-state index contributed by atoms with van der Waals surface area (Å²) in [7, 11) is 0. The molecule has 0 spiro atoms. The molecule has 0 aliphatic carbocycles. The number of benzene rings is 1. The Balaban J connectivity index is 2.50. The average Bonchev–Trinajstić information content (AvgIpc) is 2.71. The summed E-state index contributed by atoms with van der Waals surface area (Å²) < 4.78 is 15.2. The number of aliphatic hydroxyl groups excluding tert-OH is 1. The lowest BCUT2D eigenvalue weighted by molar-refractivity contribution is 0.276. The minimum atomic E-state index is -0.240. The van der Waals surface area contributed by atoms with Gasteiger partial charge in [-0.3, -0.25) is 0 Å². The predicted molar refractivity (Wildman–Crippen MR) is 59.4 cm³/mol. The first-order valence-electron chi connectivity index (χ1n) is 5.11. The summed E-state index contributed by atoms with van der Waals surface area (Å²) in [6.45, 7) is 2.23. The van der Waals surface area contributed by atoms with Gasteiger partial charge in [0.25, 0.3) is 0 Å². The smallest absolute Gasteiger partial charge is 0.140 e. The molecule has 0 fully saturated rings. The number of nitrogens with zero attached hydrogens (tertiary/aromatic N) is 2. The van der Waals surface area contributed by atoms with Crippen LogP contribution < -0.4 is 0 Å². The minimum absolute atomic E-state index is 0.0394. The van der Waals surface area contributed by atoms with E-state index in [0.29, 0.717) is 17.9 Å². The van der Waals surface area contributed by atoms with Gasteiger partial charge in [-0.25, -0.2) is 9.37 Å². The summed E-state index contributed by atoms with van der Waals surface area (Å²) in [5, 5.41) is 8.91. The standard InChI is InChI=1S/C12H13FN2O/c1-9-10(3-2-4-11(9)13)12-14-5-6-15(12)7-8-16/h2-6,16H,7-8H2,1H3. The number of rotatable bonds is 3. The average molecular weight is 220 g/mol. The number of aliphatic hydroxyl groups is 1. The van der Waals surface area contributed by atoms with Crippen molar-refractivity contribution < 1.29 is 9.50 Å². The Bertz CT molecular complexity index is 494. The lowest BCUT2D eigenvalue weighted by Gasteiger charge is -2.08. The van der Waals surface area contributed by atoms with Gasteiger partial charge in [-0.1, -0.05) is 12.1 Å². The first kappa shape index (κ1) is 10.8. The second-order valence-corrected chi connectivity index (χ2v) is 3.58. The molecule has 0 bridgehead atoms. The van der Waals surface area contributed by atoms with Crippen LogP contribution in [0.1, 0.15) is 5.56 Å². The molecule has 0 saturated carbocycles. The molecule has 0 amide bonds.